The molecule has 0 aliphatic carbocycles. The molecule has 0 saturated carbocycles. The molecule has 3 aromatic rings. The van der Waals surface area contributed by atoms with Crippen molar-refractivity contribution in [2.75, 3.05) is 38.2 Å². The minimum atomic E-state index is -0.103. The van der Waals surface area contributed by atoms with Crippen molar-refractivity contribution in [3.05, 3.63) is 74.1 Å². The molecule has 1 aliphatic heterocycles. The predicted octanol–water partition coefficient (Wildman–Crippen LogP) is 3.92. The van der Waals surface area contributed by atoms with Crippen LogP contribution in [0.4, 0.5) is 5.69 Å². The van der Waals surface area contributed by atoms with Gasteiger partial charge in [-0.05, 0) is 40.2 Å². The Hall–Kier alpha value is -2.22. The van der Waals surface area contributed by atoms with Crippen LogP contribution >= 0.6 is 27.5 Å². The van der Waals surface area contributed by atoms with Crippen molar-refractivity contribution in [2.45, 2.75) is 6.54 Å². The third-order valence-corrected chi connectivity index (χ3v) is 6.69. The molecule has 1 aromatic heterocycles. The maximum absolute atomic E-state index is 12.9. The van der Waals surface area contributed by atoms with Crippen molar-refractivity contribution < 1.29 is 4.74 Å². The molecule has 1 fully saturated rings. The number of ether oxygens (including phenoxy) is 1. The number of nitrogens with zero attached hydrogens (tertiary/aromatic N) is 4. The van der Waals surface area contributed by atoms with Gasteiger partial charge in [-0.25, -0.2) is 4.68 Å². The first-order valence-corrected chi connectivity index (χ1v) is 11.0. The van der Waals surface area contributed by atoms with Crippen molar-refractivity contribution in [3.63, 3.8) is 0 Å². The van der Waals surface area contributed by atoms with E-state index in [4.69, 9.17) is 16.3 Å². The van der Waals surface area contributed by atoms with E-state index in [1.165, 1.54) is 0 Å². The van der Waals surface area contributed by atoms with Gasteiger partial charge >= 0.3 is 0 Å². The molecule has 1 aliphatic rings. The molecule has 2 aromatic carbocycles. The lowest BCUT2D eigenvalue weighted by molar-refractivity contribution is 0.242. The fourth-order valence-corrected chi connectivity index (χ4v) is 4.70. The van der Waals surface area contributed by atoms with Crippen LogP contribution in [0, 0.1) is 0 Å². The Morgan fingerprint density at radius 2 is 1.63 bits per heavy atom. The average Bonchev–Trinajstić information content (AvgIpc) is 2.98. The third kappa shape index (κ3) is 3.89. The standard InChI is InChI=1S/C22H24BrClN4O2/c1-25-19(21(23)22(29)28(25)17-8-4-3-7-16(17)24)15-26-11-13-27(14-12-26)18-9-5-6-10-20(18)30-2/h3-10H,11-15H2,1-2H3. The molecule has 158 valence electrons. The fraction of sp³-hybridized carbons (Fsp3) is 0.318. The van der Waals surface area contributed by atoms with Crippen molar-refractivity contribution in [1.29, 1.82) is 0 Å². The zero-order valence-corrected chi connectivity index (χ0v) is 19.4. The minimum absolute atomic E-state index is 0.103. The Morgan fingerprint density at radius 3 is 2.30 bits per heavy atom. The van der Waals surface area contributed by atoms with Crippen molar-refractivity contribution in [3.8, 4) is 11.4 Å². The number of hydrogen-bond acceptors (Lipinski definition) is 4. The molecule has 2 heterocycles. The van der Waals surface area contributed by atoms with E-state index in [1.807, 2.05) is 48.1 Å². The Bertz CT molecular complexity index is 1100. The molecule has 4 rings (SSSR count). The lowest BCUT2D eigenvalue weighted by Gasteiger charge is -2.36. The van der Waals surface area contributed by atoms with Crippen molar-refractivity contribution >= 4 is 33.2 Å². The molecule has 0 amide bonds. The first-order valence-electron chi connectivity index (χ1n) is 9.83. The van der Waals surface area contributed by atoms with Crippen molar-refractivity contribution in [1.82, 2.24) is 14.3 Å². The summed E-state index contributed by atoms with van der Waals surface area (Å²) in [6.45, 7) is 4.28. The molecule has 1 saturated heterocycles. The second-order valence-corrected chi connectivity index (χ2v) is 8.49. The fourth-order valence-electron chi connectivity index (χ4n) is 3.93. The summed E-state index contributed by atoms with van der Waals surface area (Å²) < 4.78 is 9.59. The lowest BCUT2D eigenvalue weighted by atomic mass is 10.2. The van der Waals surface area contributed by atoms with Gasteiger partial charge in [0.2, 0.25) is 0 Å². The van der Waals surface area contributed by atoms with Crippen LogP contribution < -0.4 is 15.2 Å². The quantitative estimate of drug-likeness (QED) is 0.543. The van der Waals surface area contributed by atoms with Crippen LogP contribution in [-0.4, -0.2) is 47.6 Å². The number of para-hydroxylation sites is 3. The van der Waals surface area contributed by atoms with Gasteiger partial charge in [-0.2, -0.15) is 0 Å². The highest BCUT2D eigenvalue weighted by molar-refractivity contribution is 9.10. The normalized spacial score (nSPS) is 14.9. The summed E-state index contributed by atoms with van der Waals surface area (Å²) in [4.78, 5) is 17.6. The van der Waals surface area contributed by atoms with Gasteiger partial charge in [0.15, 0.2) is 0 Å². The number of methoxy groups -OCH3 is 1. The SMILES string of the molecule is COc1ccccc1N1CCN(Cc2c(Br)c(=O)n(-c3ccccc3Cl)n2C)CC1. The summed E-state index contributed by atoms with van der Waals surface area (Å²) >= 11 is 9.86. The first kappa shape index (κ1) is 21.0. The Labute approximate surface area is 189 Å². The Morgan fingerprint density at radius 1 is 1.00 bits per heavy atom. The van der Waals surface area contributed by atoms with E-state index in [0.717, 1.165) is 43.3 Å². The molecule has 30 heavy (non-hydrogen) atoms. The van der Waals surface area contributed by atoms with Gasteiger partial charge in [-0.3, -0.25) is 14.4 Å². The van der Waals surface area contributed by atoms with Crippen LogP contribution in [0.15, 0.2) is 57.8 Å². The third-order valence-electron chi connectivity index (χ3n) is 5.58. The van der Waals surface area contributed by atoms with E-state index < -0.39 is 0 Å². The van der Waals surface area contributed by atoms with Gasteiger partial charge in [0.25, 0.3) is 5.56 Å². The Balaban J connectivity index is 1.52. The van der Waals surface area contributed by atoms with Gasteiger partial charge in [0.1, 0.15) is 10.2 Å². The zero-order valence-electron chi connectivity index (χ0n) is 17.0. The summed E-state index contributed by atoms with van der Waals surface area (Å²) in [7, 11) is 3.60. The number of hydrogen-bond donors (Lipinski definition) is 0. The predicted molar refractivity (Wildman–Crippen MR) is 124 cm³/mol. The second kappa shape index (κ2) is 8.88. The summed E-state index contributed by atoms with van der Waals surface area (Å²) in [5.41, 5.74) is 2.64. The smallest absolute Gasteiger partial charge is 0.286 e. The highest BCUT2D eigenvalue weighted by atomic mass is 79.9. The molecule has 0 unspecified atom stereocenters. The minimum Gasteiger partial charge on any atom is -0.495 e. The largest absolute Gasteiger partial charge is 0.495 e. The maximum Gasteiger partial charge on any atom is 0.286 e. The number of benzene rings is 2. The molecule has 8 heteroatoms. The van der Waals surface area contributed by atoms with E-state index in [1.54, 1.807) is 17.9 Å². The van der Waals surface area contributed by atoms with E-state index in [-0.39, 0.29) is 5.56 Å². The molecular weight excluding hydrogens is 468 g/mol. The van der Waals surface area contributed by atoms with Gasteiger partial charge in [-0.1, -0.05) is 35.9 Å². The van der Waals surface area contributed by atoms with Crippen LogP contribution in [0.5, 0.6) is 5.75 Å². The van der Waals surface area contributed by atoms with Gasteiger partial charge in [0.05, 0.1) is 29.2 Å². The highest BCUT2D eigenvalue weighted by Crippen LogP contribution is 2.29. The molecule has 0 radical (unpaired) electrons. The molecular formula is C22H24BrClN4O2. The monoisotopic (exact) mass is 490 g/mol. The topological polar surface area (TPSA) is 42.6 Å². The number of anilines is 1. The first-order chi connectivity index (χ1) is 14.5. The van der Waals surface area contributed by atoms with Crippen LogP contribution in [0.2, 0.25) is 5.02 Å². The maximum atomic E-state index is 12.9. The molecule has 0 spiro atoms. The van der Waals surface area contributed by atoms with E-state index in [0.29, 0.717) is 21.7 Å². The number of aromatic nitrogens is 2. The van der Waals surface area contributed by atoms with Crippen molar-refractivity contribution in [2.24, 2.45) is 7.05 Å². The molecule has 0 bridgehead atoms. The van der Waals surface area contributed by atoms with E-state index in [2.05, 4.69) is 31.8 Å². The average molecular weight is 492 g/mol. The van der Waals surface area contributed by atoms with Gasteiger partial charge in [0, 0.05) is 39.8 Å². The molecule has 0 N–H and O–H groups in total. The van der Waals surface area contributed by atoms with Gasteiger partial charge < -0.3 is 9.64 Å². The van der Waals surface area contributed by atoms with Gasteiger partial charge in [-0.15, -0.1) is 0 Å². The Kier molecular flexibility index (Phi) is 6.22. The second-order valence-electron chi connectivity index (χ2n) is 7.29. The van der Waals surface area contributed by atoms with Crippen LogP contribution in [0.1, 0.15) is 5.69 Å². The summed E-state index contributed by atoms with van der Waals surface area (Å²) in [5, 5.41) is 0.546. The summed E-state index contributed by atoms with van der Waals surface area (Å²) in [6.07, 6.45) is 0. The molecule has 6 nitrogen and oxygen atoms in total. The highest BCUT2D eigenvalue weighted by Gasteiger charge is 2.24. The lowest BCUT2D eigenvalue weighted by Crippen LogP contribution is -2.46. The zero-order chi connectivity index (χ0) is 21.3. The summed E-state index contributed by atoms with van der Waals surface area (Å²) in [6, 6.07) is 15.5. The van der Waals surface area contributed by atoms with Crippen LogP contribution in [0.3, 0.4) is 0 Å². The van der Waals surface area contributed by atoms with E-state index in [9.17, 15) is 4.79 Å². The van der Waals surface area contributed by atoms with E-state index >= 15 is 0 Å². The molecule has 0 atom stereocenters. The summed E-state index contributed by atoms with van der Waals surface area (Å²) in [5.74, 6) is 0.896. The number of halogens is 2. The number of piperazine rings is 1. The van der Waals surface area contributed by atoms with Crippen LogP contribution in [0.25, 0.3) is 5.69 Å². The van der Waals surface area contributed by atoms with Crippen LogP contribution in [-0.2, 0) is 13.6 Å². The number of rotatable bonds is 5.